The standard InChI is InChI=1S/C19H24N4OS/c1-25-18-7-2-14(3-8-18)4-9-19(24)22-15-5-6-16(22)13-17(12-15)23-20-10-11-21-23/h2-3,7-8,10-11,15-17H,4-6,9,12-13H2,1H3. The molecule has 6 heteroatoms. The predicted octanol–water partition coefficient (Wildman–Crippen LogP) is 3.33. The van der Waals surface area contributed by atoms with Crippen LogP contribution in [-0.2, 0) is 11.2 Å². The van der Waals surface area contributed by atoms with Crippen molar-refractivity contribution in [1.29, 1.82) is 0 Å². The lowest BCUT2D eigenvalue weighted by Gasteiger charge is -2.38. The van der Waals surface area contributed by atoms with Crippen molar-refractivity contribution in [2.24, 2.45) is 0 Å². The maximum atomic E-state index is 12.8. The lowest BCUT2D eigenvalue weighted by Crippen LogP contribution is -2.47. The van der Waals surface area contributed by atoms with Crippen molar-refractivity contribution in [2.75, 3.05) is 6.26 Å². The van der Waals surface area contributed by atoms with Gasteiger partial charge in [0.25, 0.3) is 0 Å². The van der Waals surface area contributed by atoms with Crippen molar-refractivity contribution >= 4 is 17.7 Å². The zero-order valence-electron chi connectivity index (χ0n) is 14.5. The molecule has 2 fully saturated rings. The Hall–Kier alpha value is -1.82. The van der Waals surface area contributed by atoms with Crippen molar-refractivity contribution in [3.63, 3.8) is 0 Å². The highest BCUT2D eigenvalue weighted by molar-refractivity contribution is 7.98. The van der Waals surface area contributed by atoms with Gasteiger partial charge in [-0.05, 0) is 56.1 Å². The summed E-state index contributed by atoms with van der Waals surface area (Å²) in [7, 11) is 0. The van der Waals surface area contributed by atoms with Gasteiger partial charge < -0.3 is 4.90 Å². The molecule has 2 aromatic rings. The first kappa shape index (κ1) is 16.6. The van der Waals surface area contributed by atoms with Crippen molar-refractivity contribution in [1.82, 2.24) is 19.9 Å². The van der Waals surface area contributed by atoms with Gasteiger partial charge in [-0.2, -0.15) is 15.0 Å². The third kappa shape index (κ3) is 3.45. The number of carbonyl (C=O) groups excluding carboxylic acids is 1. The molecule has 0 N–H and O–H groups in total. The molecule has 3 heterocycles. The number of fused-ring (bicyclic) bond motifs is 2. The Morgan fingerprint density at radius 3 is 2.32 bits per heavy atom. The Bertz CT molecular complexity index is 702. The second kappa shape index (κ2) is 7.20. The van der Waals surface area contributed by atoms with Gasteiger partial charge in [-0.25, -0.2) is 0 Å². The van der Waals surface area contributed by atoms with Crippen LogP contribution in [0.1, 0.15) is 43.7 Å². The van der Waals surface area contributed by atoms with Gasteiger partial charge >= 0.3 is 0 Å². The van der Waals surface area contributed by atoms with E-state index in [9.17, 15) is 4.79 Å². The SMILES string of the molecule is CSc1ccc(CCC(=O)N2C3CCC2CC(n2nccn2)C3)cc1. The number of piperidine rings is 1. The number of aromatic nitrogens is 3. The van der Waals surface area contributed by atoms with Crippen LogP contribution in [0.4, 0.5) is 0 Å². The fourth-order valence-corrected chi connectivity index (χ4v) is 4.74. The molecule has 25 heavy (non-hydrogen) atoms. The van der Waals surface area contributed by atoms with Gasteiger partial charge in [0.2, 0.25) is 5.91 Å². The topological polar surface area (TPSA) is 51.0 Å². The van der Waals surface area contributed by atoms with E-state index in [0.29, 0.717) is 30.5 Å². The van der Waals surface area contributed by atoms with E-state index in [-0.39, 0.29) is 0 Å². The number of hydrogen-bond donors (Lipinski definition) is 0. The summed E-state index contributed by atoms with van der Waals surface area (Å²) < 4.78 is 0. The summed E-state index contributed by atoms with van der Waals surface area (Å²) in [6.45, 7) is 0. The van der Waals surface area contributed by atoms with Crippen molar-refractivity contribution in [2.45, 2.75) is 61.5 Å². The number of thioether (sulfide) groups is 1. The van der Waals surface area contributed by atoms with E-state index in [2.05, 4.69) is 45.6 Å². The van der Waals surface area contributed by atoms with Gasteiger partial charge in [-0.1, -0.05) is 12.1 Å². The monoisotopic (exact) mass is 356 g/mol. The van der Waals surface area contributed by atoms with Crippen LogP contribution >= 0.6 is 11.8 Å². The summed E-state index contributed by atoms with van der Waals surface area (Å²) in [5, 5.41) is 8.59. The zero-order chi connectivity index (χ0) is 17.2. The average molecular weight is 356 g/mol. The van der Waals surface area contributed by atoms with E-state index in [4.69, 9.17) is 0 Å². The maximum absolute atomic E-state index is 12.8. The molecule has 0 saturated carbocycles. The molecule has 4 rings (SSSR count). The Morgan fingerprint density at radius 2 is 1.72 bits per heavy atom. The highest BCUT2D eigenvalue weighted by Gasteiger charge is 2.43. The molecule has 1 amide bonds. The van der Waals surface area contributed by atoms with Gasteiger partial charge in [-0.15, -0.1) is 11.8 Å². The quantitative estimate of drug-likeness (QED) is 0.771. The molecule has 132 valence electrons. The van der Waals surface area contributed by atoms with Gasteiger partial charge in [0.05, 0.1) is 18.4 Å². The molecule has 2 bridgehead atoms. The summed E-state index contributed by atoms with van der Waals surface area (Å²) in [5.41, 5.74) is 1.24. The molecular weight excluding hydrogens is 332 g/mol. The van der Waals surface area contributed by atoms with Crippen LogP contribution in [0.5, 0.6) is 0 Å². The van der Waals surface area contributed by atoms with E-state index in [1.165, 1.54) is 10.5 Å². The smallest absolute Gasteiger partial charge is 0.223 e. The Labute approximate surface area is 152 Å². The highest BCUT2D eigenvalue weighted by atomic mass is 32.2. The van der Waals surface area contributed by atoms with Gasteiger partial charge in [-0.3, -0.25) is 4.79 Å². The highest BCUT2D eigenvalue weighted by Crippen LogP contribution is 2.40. The molecule has 2 saturated heterocycles. The number of amides is 1. The summed E-state index contributed by atoms with van der Waals surface area (Å²) >= 11 is 1.75. The molecule has 0 spiro atoms. The summed E-state index contributed by atoms with van der Waals surface area (Å²) in [4.78, 5) is 18.1. The lowest BCUT2D eigenvalue weighted by atomic mass is 9.97. The van der Waals surface area contributed by atoms with Crippen LogP contribution < -0.4 is 0 Å². The average Bonchev–Trinajstić information content (AvgIpc) is 3.27. The van der Waals surface area contributed by atoms with E-state index in [1.54, 1.807) is 24.2 Å². The van der Waals surface area contributed by atoms with E-state index in [1.807, 2.05) is 4.80 Å². The molecule has 2 aliphatic heterocycles. The number of rotatable bonds is 5. The Balaban J connectivity index is 1.36. The lowest BCUT2D eigenvalue weighted by molar-refractivity contribution is -0.136. The number of benzene rings is 1. The summed E-state index contributed by atoms with van der Waals surface area (Å²) in [5.74, 6) is 0.313. The first-order valence-corrected chi connectivity index (χ1v) is 10.3. The molecule has 0 aliphatic carbocycles. The molecule has 1 aromatic carbocycles. The first-order valence-electron chi connectivity index (χ1n) is 9.04. The molecule has 2 aliphatic rings. The van der Waals surface area contributed by atoms with Gasteiger partial charge in [0, 0.05) is 23.4 Å². The second-order valence-corrected chi connectivity index (χ2v) is 7.89. The predicted molar refractivity (Wildman–Crippen MR) is 98.5 cm³/mol. The van der Waals surface area contributed by atoms with Crippen LogP contribution in [0.2, 0.25) is 0 Å². The fraction of sp³-hybridized carbons (Fsp3) is 0.526. The summed E-state index contributed by atoms with van der Waals surface area (Å²) in [6, 6.07) is 9.62. The molecule has 2 unspecified atom stereocenters. The number of hydrogen-bond acceptors (Lipinski definition) is 4. The number of nitrogens with zero attached hydrogens (tertiary/aromatic N) is 4. The van der Waals surface area contributed by atoms with Crippen molar-refractivity contribution in [3.05, 3.63) is 42.2 Å². The summed E-state index contributed by atoms with van der Waals surface area (Å²) in [6.07, 6.45) is 11.2. The fourth-order valence-electron chi connectivity index (χ4n) is 4.33. The van der Waals surface area contributed by atoms with Crippen LogP contribution in [0, 0.1) is 0 Å². The van der Waals surface area contributed by atoms with Crippen LogP contribution in [0.15, 0.2) is 41.6 Å². The van der Waals surface area contributed by atoms with Crippen molar-refractivity contribution in [3.8, 4) is 0 Å². The second-order valence-electron chi connectivity index (χ2n) is 7.01. The molecular formula is C19H24N4OS. The van der Waals surface area contributed by atoms with Crippen molar-refractivity contribution < 1.29 is 4.79 Å². The molecule has 2 atom stereocenters. The van der Waals surface area contributed by atoms with Crippen LogP contribution in [-0.4, -0.2) is 44.1 Å². The van der Waals surface area contributed by atoms with E-state index < -0.39 is 0 Å². The minimum absolute atomic E-state index is 0.313. The zero-order valence-corrected chi connectivity index (χ0v) is 15.4. The van der Waals surface area contributed by atoms with E-state index >= 15 is 0 Å². The van der Waals surface area contributed by atoms with Crippen LogP contribution in [0.25, 0.3) is 0 Å². The Kier molecular flexibility index (Phi) is 4.79. The largest absolute Gasteiger partial charge is 0.337 e. The third-order valence-electron chi connectivity index (χ3n) is 5.55. The number of aryl methyl sites for hydroxylation is 1. The number of carbonyl (C=O) groups is 1. The van der Waals surface area contributed by atoms with Gasteiger partial charge in [0.1, 0.15) is 0 Å². The normalized spacial score (nSPS) is 25.3. The van der Waals surface area contributed by atoms with Crippen LogP contribution in [0.3, 0.4) is 0 Å². The Morgan fingerprint density at radius 1 is 1.08 bits per heavy atom. The van der Waals surface area contributed by atoms with E-state index in [0.717, 1.165) is 32.1 Å². The first-order chi connectivity index (χ1) is 12.2. The minimum atomic E-state index is 0.313. The van der Waals surface area contributed by atoms with Gasteiger partial charge in [0.15, 0.2) is 0 Å². The molecule has 5 nitrogen and oxygen atoms in total. The maximum Gasteiger partial charge on any atom is 0.223 e. The minimum Gasteiger partial charge on any atom is -0.337 e. The third-order valence-corrected chi connectivity index (χ3v) is 6.29. The molecule has 1 aromatic heterocycles. The molecule has 0 radical (unpaired) electrons.